The number of nitrogen functional groups attached to an aromatic ring is 1. The number of fused-ring (bicyclic) bond motifs is 2. The van der Waals surface area contributed by atoms with Crippen molar-refractivity contribution in [3.05, 3.63) is 52.9 Å². The second-order valence-corrected chi connectivity index (χ2v) is 9.83. The van der Waals surface area contributed by atoms with E-state index >= 15 is 0 Å². The molecule has 0 saturated carbocycles. The van der Waals surface area contributed by atoms with Gasteiger partial charge >= 0.3 is 0 Å². The van der Waals surface area contributed by atoms with Gasteiger partial charge in [-0.05, 0) is 28.1 Å². The van der Waals surface area contributed by atoms with Crippen LogP contribution < -0.4 is 11.1 Å². The summed E-state index contributed by atoms with van der Waals surface area (Å²) < 4.78 is 24.8. The van der Waals surface area contributed by atoms with Crippen molar-refractivity contribution in [3.8, 4) is 11.1 Å². The number of aromatic nitrogens is 4. The van der Waals surface area contributed by atoms with Crippen molar-refractivity contribution >= 4 is 48.1 Å². The molecule has 8 nitrogen and oxygen atoms in total. The van der Waals surface area contributed by atoms with Gasteiger partial charge in [0.05, 0.1) is 27.6 Å². The quantitative estimate of drug-likeness (QED) is 0.412. The van der Waals surface area contributed by atoms with Gasteiger partial charge in [-0.1, -0.05) is 18.2 Å². The van der Waals surface area contributed by atoms with Crippen LogP contribution >= 0.6 is 15.9 Å². The van der Waals surface area contributed by atoms with E-state index in [1.165, 1.54) is 6.26 Å². The van der Waals surface area contributed by atoms with Crippen LogP contribution in [-0.2, 0) is 16.4 Å². The molecule has 3 heterocycles. The summed E-state index contributed by atoms with van der Waals surface area (Å²) in [7, 11) is -3.02. The van der Waals surface area contributed by atoms with E-state index in [1.807, 2.05) is 30.3 Å². The number of pyridine rings is 1. The van der Waals surface area contributed by atoms with Gasteiger partial charge in [0.2, 0.25) is 0 Å². The number of rotatable bonds is 6. The number of para-hydroxylation sites is 1. The van der Waals surface area contributed by atoms with Gasteiger partial charge < -0.3 is 11.1 Å². The number of nitrogens with two attached hydrogens (primary N) is 1. The maximum Gasteiger partial charge on any atom is 0.165 e. The van der Waals surface area contributed by atoms with E-state index in [9.17, 15) is 8.42 Å². The fourth-order valence-electron chi connectivity index (χ4n) is 3.05. The van der Waals surface area contributed by atoms with E-state index in [2.05, 4.69) is 31.3 Å². The molecule has 4 rings (SSSR count). The number of hydrogen-bond acceptors (Lipinski definition) is 7. The van der Waals surface area contributed by atoms with E-state index < -0.39 is 9.84 Å². The minimum atomic E-state index is -3.02. The molecule has 0 fully saturated rings. The first-order valence-corrected chi connectivity index (χ1v) is 11.7. The third-order valence-corrected chi connectivity index (χ3v) is 6.34. The Morgan fingerprint density at radius 1 is 1.24 bits per heavy atom. The van der Waals surface area contributed by atoms with Crippen molar-refractivity contribution in [2.75, 3.05) is 24.3 Å². The monoisotopic (exact) mass is 474 g/mol. The lowest BCUT2D eigenvalue weighted by Crippen LogP contribution is -2.23. The lowest BCUT2D eigenvalue weighted by molar-refractivity contribution is 0.595. The molecule has 0 unspecified atom stereocenters. The van der Waals surface area contributed by atoms with Crippen LogP contribution in [0.25, 0.3) is 27.7 Å². The molecule has 0 spiro atoms. The van der Waals surface area contributed by atoms with Gasteiger partial charge in [-0.25, -0.2) is 13.4 Å². The average molecular weight is 475 g/mol. The first-order valence-electron chi connectivity index (χ1n) is 8.89. The van der Waals surface area contributed by atoms with Crippen molar-refractivity contribution in [2.45, 2.75) is 6.54 Å². The molecular formula is C19H19BrN6O2S. The Bertz CT molecular complexity index is 1320. The maximum atomic E-state index is 11.3. The van der Waals surface area contributed by atoms with Crippen LogP contribution in [0.5, 0.6) is 0 Å². The van der Waals surface area contributed by atoms with Gasteiger partial charge in [0, 0.05) is 42.1 Å². The number of nitrogens with one attached hydrogen (secondary N) is 1. The molecule has 0 atom stereocenters. The molecule has 29 heavy (non-hydrogen) atoms. The highest BCUT2D eigenvalue weighted by atomic mass is 79.9. The highest BCUT2D eigenvalue weighted by molar-refractivity contribution is 9.10. The van der Waals surface area contributed by atoms with Crippen LogP contribution in [0.2, 0.25) is 0 Å². The summed E-state index contributed by atoms with van der Waals surface area (Å²) in [4.78, 5) is 9.24. The Balaban J connectivity index is 1.71. The largest absolute Gasteiger partial charge is 0.383 e. The van der Waals surface area contributed by atoms with Crippen molar-refractivity contribution < 1.29 is 8.42 Å². The smallest absolute Gasteiger partial charge is 0.165 e. The Morgan fingerprint density at radius 2 is 2.03 bits per heavy atom. The third-order valence-electron chi connectivity index (χ3n) is 4.53. The van der Waals surface area contributed by atoms with Gasteiger partial charge in [0.1, 0.15) is 15.7 Å². The topological polar surface area (TPSA) is 115 Å². The van der Waals surface area contributed by atoms with E-state index in [-0.39, 0.29) is 5.75 Å². The molecule has 0 saturated heterocycles. The van der Waals surface area contributed by atoms with Crippen LogP contribution in [0.15, 0.2) is 47.2 Å². The molecule has 0 aliphatic heterocycles. The lowest BCUT2D eigenvalue weighted by atomic mass is 10.1. The lowest BCUT2D eigenvalue weighted by Gasteiger charge is -2.10. The van der Waals surface area contributed by atoms with E-state index in [0.717, 1.165) is 22.0 Å². The van der Waals surface area contributed by atoms with Crippen molar-refractivity contribution in [2.24, 2.45) is 0 Å². The second-order valence-electron chi connectivity index (χ2n) is 6.77. The number of sulfone groups is 1. The van der Waals surface area contributed by atoms with Crippen LogP contribution in [0.3, 0.4) is 0 Å². The molecule has 4 aromatic rings. The van der Waals surface area contributed by atoms with Crippen LogP contribution in [0.4, 0.5) is 5.82 Å². The zero-order valence-corrected chi connectivity index (χ0v) is 18.0. The van der Waals surface area contributed by atoms with Gasteiger partial charge in [-0.3, -0.25) is 4.98 Å². The van der Waals surface area contributed by atoms with Gasteiger partial charge in [-0.15, -0.1) is 0 Å². The molecule has 0 bridgehead atoms. The fourth-order valence-corrected chi connectivity index (χ4v) is 3.96. The fraction of sp³-hybridized carbons (Fsp3) is 0.211. The molecule has 3 aromatic heterocycles. The predicted octanol–water partition coefficient (Wildman–Crippen LogP) is 2.42. The Hall–Kier alpha value is -2.56. The van der Waals surface area contributed by atoms with Gasteiger partial charge in [0.15, 0.2) is 5.65 Å². The number of hydrogen-bond donors (Lipinski definition) is 2. The first kappa shape index (κ1) is 19.7. The third kappa shape index (κ3) is 4.09. The van der Waals surface area contributed by atoms with Crippen molar-refractivity contribution in [1.29, 1.82) is 0 Å². The molecule has 0 aliphatic carbocycles. The molecule has 0 amide bonds. The Kier molecular flexibility index (Phi) is 5.24. The summed E-state index contributed by atoms with van der Waals surface area (Å²) in [6, 6.07) is 9.93. The molecule has 0 radical (unpaired) electrons. The maximum absolute atomic E-state index is 11.3. The van der Waals surface area contributed by atoms with Crippen LogP contribution in [-0.4, -0.2) is 46.6 Å². The van der Waals surface area contributed by atoms with E-state index in [1.54, 1.807) is 16.9 Å². The number of anilines is 1. The molecular weight excluding hydrogens is 456 g/mol. The first-order chi connectivity index (χ1) is 13.8. The van der Waals surface area contributed by atoms with Crippen molar-refractivity contribution in [3.63, 3.8) is 0 Å². The standard InChI is InChI=1S/C19H19BrN6O2S/c1-29(27,28)7-6-22-11-16-17(20)18(21)26-19(25-16)14(10-24-26)13-8-12-4-2-3-5-15(12)23-9-13/h2-5,8-10,22H,6-7,11,21H2,1H3. The average Bonchev–Trinajstić information content (AvgIpc) is 3.11. The zero-order valence-electron chi connectivity index (χ0n) is 15.6. The van der Waals surface area contributed by atoms with Crippen molar-refractivity contribution in [1.82, 2.24) is 24.9 Å². The minimum absolute atomic E-state index is 0.0586. The highest BCUT2D eigenvalue weighted by Gasteiger charge is 2.16. The second kappa shape index (κ2) is 7.69. The van der Waals surface area contributed by atoms with E-state index in [4.69, 9.17) is 10.7 Å². The summed E-state index contributed by atoms with van der Waals surface area (Å²) in [5, 5.41) is 8.50. The molecule has 3 N–H and O–H groups in total. The summed E-state index contributed by atoms with van der Waals surface area (Å²) in [5.74, 6) is 0.484. The Labute approximate surface area is 176 Å². The van der Waals surface area contributed by atoms with Crippen LogP contribution in [0.1, 0.15) is 5.69 Å². The summed E-state index contributed by atoms with van der Waals surface area (Å²) in [5.41, 5.74) is 10.2. The molecule has 150 valence electrons. The Morgan fingerprint density at radius 3 is 2.83 bits per heavy atom. The minimum Gasteiger partial charge on any atom is -0.383 e. The molecule has 10 heteroatoms. The SMILES string of the molecule is CS(=O)(=O)CCNCc1nc2c(-c3cnc4ccccc4c3)cnn2c(N)c1Br. The highest BCUT2D eigenvalue weighted by Crippen LogP contribution is 2.30. The molecule has 0 aliphatic rings. The summed E-state index contributed by atoms with van der Waals surface area (Å²) in [6.07, 6.45) is 4.73. The normalized spacial score (nSPS) is 12.1. The zero-order chi connectivity index (χ0) is 20.6. The summed E-state index contributed by atoms with van der Waals surface area (Å²) >= 11 is 3.47. The number of nitrogens with zero attached hydrogens (tertiary/aromatic N) is 4. The summed E-state index contributed by atoms with van der Waals surface area (Å²) in [6.45, 7) is 0.705. The van der Waals surface area contributed by atoms with E-state index in [0.29, 0.717) is 34.7 Å². The number of halogens is 1. The van der Waals surface area contributed by atoms with Gasteiger partial charge in [-0.2, -0.15) is 9.61 Å². The van der Waals surface area contributed by atoms with Gasteiger partial charge in [0.25, 0.3) is 0 Å². The number of benzene rings is 1. The van der Waals surface area contributed by atoms with Crippen LogP contribution in [0, 0.1) is 0 Å². The molecule has 1 aromatic carbocycles. The predicted molar refractivity (Wildman–Crippen MR) is 117 cm³/mol.